The normalized spacial score (nSPS) is 13.7. The summed E-state index contributed by atoms with van der Waals surface area (Å²) < 4.78 is 0. The molecule has 1 saturated carbocycles. The molecule has 0 spiro atoms. The quantitative estimate of drug-likeness (QED) is 0.425. The molecule has 6 rings (SSSR count). The van der Waals surface area contributed by atoms with E-state index in [0.29, 0.717) is 17.3 Å². The summed E-state index contributed by atoms with van der Waals surface area (Å²) in [5.74, 6) is 0.301. The van der Waals surface area contributed by atoms with Gasteiger partial charge in [-0.05, 0) is 48.6 Å². The number of aromatic amines is 2. The third kappa shape index (κ3) is 2.73. The highest BCUT2D eigenvalue weighted by Gasteiger charge is 2.28. The van der Waals surface area contributed by atoms with Crippen LogP contribution in [0.4, 0.5) is 5.69 Å². The number of carbonyl (C=O) groups excluding carboxylic acids is 1. The molecule has 0 unspecified atom stereocenters. The fourth-order valence-electron chi connectivity index (χ4n) is 3.89. The van der Waals surface area contributed by atoms with E-state index >= 15 is 0 Å². The fourth-order valence-corrected chi connectivity index (χ4v) is 3.89. The lowest BCUT2D eigenvalue weighted by molar-refractivity contribution is 0.102. The molecule has 4 heterocycles. The van der Waals surface area contributed by atoms with Gasteiger partial charge >= 0.3 is 0 Å². The molecular formula is C22H17N7O. The van der Waals surface area contributed by atoms with Gasteiger partial charge in [0, 0.05) is 28.7 Å². The largest absolute Gasteiger partial charge is 0.346 e. The maximum Gasteiger partial charge on any atom is 0.276 e. The van der Waals surface area contributed by atoms with Crippen LogP contribution in [0.1, 0.15) is 34.8 Å². The van der Waals surface area contributed by atoms with Crippen LogP contribution in [0.25, 0.3) is 33.2 Å². The molecule has 0 atom stereocenters. The zero-order valence-electron chi connectivity index (χ0n) is 15.9. The van der Waals surface area contributed by atoms with E-state index < -0.39 is 0 Å². The third-order valence-electron chi connectivity index (χ3n) is 5.49. The summed E-state index contributed by atoms with van der Waals surface area (Å²) in [5.41, 5.74) is 5.72. The summed E-state index contributed by atoms with van der Waals surface area (Å²) in [6.45, 7) is 0. The van der Waals surface area contributed by atoms with Gasteiger partial charge in [-0.1, -0.05) is 6.07 Å². The summed E-state index contributed by atoms with van der Waals surface area (Å²) in [4.78, 5) is 28.9. The smallest absolute Gasteiger partial charge is 0.276 e. The number of aromatic nitrogens is 6. The number of nitrogens with zero attached hydrogens (tertiary/aromatic N) is 4. The van der Waals surface area contributed by atoms with Gasteiger partial charge in [0.05, 0.1) is 23.1 Å². The lowest BCUT2D eigenvalue weighted by Crippen LogP contribution is -2.12. The van der Waals surface area contributed by atoms with Crippen molar-refractivity contribution >= 4 is 33.5 Å². The van der Waals surface area contributed by atoms with Crippen molar-refractivity contribution in [3.05, 3.63) is 66.5 Å². The predicted molar refractivity (Wildman–Crippen MR) is 113 cm³/mol. The van der Waals surface area contributed by atoms with Crippen molar-refractivity contribution in [2.75, 3.05) is 5.32 Å². The van der Waals surface area contributed by atoms with Gasteiger partial charge in [-0.3, -0.25) is 14.9 Å². The second kappa shape index (κ2) is 6.48. The molecule has 1 aliphatic rings. The van der Waals surface area contributed by atoms with E-state index in [1.54, 1.807) is 30.9 Å². The number of hydrogen-bond acceptors (Lipinski definition) is 5. The Morgan fingerprint density at radius 2 is 2.10 bits per heavy atom. The highest BCUT2D eigenvalue weighted by molar-refractivity contribution is 6.11. The maximum absolute atomic E-state index is 12.7. The molecule has 0 radical (unpaired) electrons. The van der Waals surface area contributed by atoms with Crippen LogP contribution in [0.3, 0.4) is 0 Å². The Morgan fingerprint density at radius 3 is 2.93 bits per heavy atom. The van der Waals surface area contributed by atoms with Crippen molar-refractivity contribution in [1.82, 2.24) is 30.1 Å². The Labute approximate surface area is 170 Å². The summed E-state index contributed by atoms with van der Waals surface area (Å²) in [6.07, 6.45) is 9.29. The van der Waals surface area contributed by atoms with E-state index in [1.807, 2.05) is 18.2 Å². The van der Waals surface area contributed by atoms with E-state index in [-0.39, 0.29) is 5.91 Å². The van der Waals surface area contributed by atoms with Crippen molar-refractivity contribution in [3.8, 4) is 11.3 Å². The summed E-state index contributed by atoms with van der Waals surface area (Å²) in [7, 11) is 0. The average molecular weight is 395 g/mol. The van der Waals surface area contributed by atoms with Crippen LogP contribution in [0, 0.1) is 0 Å². The lowest BCUT2D eigenvalue weighted by Gasteiger charge is -2.05. The number of anilines is 1. The Kier molecular flexibility index (Phi) is 3.64. The molecule has 1 fully saturated rings. The minimum atomic E-state index is -0.284. The van der Waals surface area contributed by atoms with E-state index in [4.69, 9.17) is 0 Å². The first-order valence-corrected chi connectivity index (χ1v) is 9.80. The van der Waals surface area contributed by atoms with Crippen LogP contribution >= 0.6 is 0 Å². The van der Waals surface area contributed by atoms with Crippen molar-refractivity contribution in [3.63, 3.8) is 0 Å². The topological polar surface area (TPSA) is 112 Å². The Morgan fingerprint density at radius 1 is 1.17 bits per heavy atom. The van der Waals surface area contributed by atoms with Crippen molar-refractivity contribution in [2.45, 2.75) is 18.8 Å². The van der Waals surface area contributed by atoms with Crippen molar-refractivity contribution in [2.24, 2.45) is 0 Å². The van der Waals surface area contributed by atoms with Crippen LogP contribution in [-0.4, -0.2) is 36.0 Å². The number of carbonyl (C=O) groups is 1. The first-order chi connectivity index (χ1) is 14.8. The second-order valence-electron chi connectivity index (χ2n) is 7.49. The van der Waals surface area contributed by atoms with Crippen molar-refractivity contribution < 1.29 is 4.79 Å². The Bertz CT molecular complexity index is 1400. The van der Waals surface area contributed by atoms with Crippen molar-refractivity contribution in [1.29, 1.82) is 0 Å². The molecule has 0 saturated heterocycles. The molecule has 8 heteroatoms. The van der Waals surface area contributed by atoms with Gasteiger partial charge in [0.1, 0.15) is 12.0 Å². The number of benzene rings is 1. The molecule has 1 aliphatic carbocycles. The third-order valence-corrected chi connectivity index (χ3v) is 5.49. The van der Waals surface area contributed by atoms with Gasteiger partial charge in [0.25, 0.3) is 5.91 Å². The fraction of sp³-hybridized carbons (Fsp3) is 0.136. The summed E-state index contributed by atoms with van der Waals surface area (Å²) in [6, 6.07) is 9.42. The first kappa shape index (κ1) is 16.8. The number of fused-ring (bicyclic) bond motifs is 2. The lowest BCUT2D eigenvalue weighted by atomic mass is 10.0. The van der Waals surface area contributed by atoms with Crippen LogP contribution in [0.15, 0.2) is 55.2 Å². The molecule has 30 heavy (non-hydrogen) atoms. The molecule has 1 aromatic carbocycles. The molecule has 0 aliphatic heterocycles. The Balaban J connectivity index is 1.40. The number of pyridine rings is 1. The molecule has 0 bridgehead atoms. The van der Waals surface area contributed by atoms with Crippen LogP contribution < -0.4 is 5.32 Å². The van der Waals surface area contributed by atoms with Crippen LogP contribution in [-0.2, 0) is 0 Å². The first-order valence-electron chi connectivity index (χ1n) is 9.80. The predicted octanol–water partition coefficient (Wildman–Crippen LogP) is 4.03. The van der Waals surface area contributed by atoms with Crippen LogP contribution in [0.5, 0.6) is 0 Å². The maximum atomic E-state index is 12.7. The van der Waals surface area contributed by atoms with E-state index in [2.05, 4.69) is 41.6 Å². The van der Waals surface area contributed by atoms with Gasteiger partial charge in [-0.25, -0.2) is 9.97 Å². The average Bonchev–Trinajstić information content (AvgIpc) is 3.38. The van der Waals surface area contributed by atoms with E-state index in [0.717, 1.165) is 33.2 Å². The molecular weight excluding hydrogens is 378 g/mol. The summed E-state index contributed by atoms with van der Waals surface area (Å²) in [5, 5.41) is 11.9. The minimum Gasteiger partial charge on any atom is -0.346 e. The minimum absolute atomic E-state index is 0.284. The molecule has 146 valence electrons. The monoisotopic (exact) mass is 395 g/mol. The molecule has 8 nitrogen and oxygen atoms in total. The molecule has 1 amide bonds. The highest BCUT2D eigenvalue weighted by atomic mass is 16.1. The molecule has 3 N–H and O–H groups in total. The SMILES string of the molecule is O=C(Nc1cccnc1)c1n[nH]c2cc(-c3ncnc4[nH]cc(C5CC5)c34)ccc12. The number of H-pyrrole nitrogens is 2. The van der Waals surface area contributed by atoms with Crippen LogP contribution in [0.2, 0.25) is 0 Å². The zero-order valence-corrected chi connectivity index (χ0v) is 15.9. The Hall–Kier alpha value is -4.07. The zero-order chi connectivity index (χ0) is 20.1. The van der Waals surface area contributed by atoms with E-state index in [9.17, 15) is 4.79 Å². The second-order valence-corrected chi connectivity index (χ2v) is 7.49. The number of rotatable bonds is 4. The van der Waals surface area contributed by atoms with Gasteiger partial charge in [-0.2, -0.15) is 5.10 Å². The van der Waals surface area contributed by atoms with Gasteiger partial charge in [-0.15, -0.1) is 0 Å². The van der Waals surface area contributed by atoms with E-state index in [1.165, 1.54) is 18.4 Å². The number of nitrogens with one attached hydrogen (secondary N) is 3. The highest BCUT2D eigenvalue weighted by Crippen LogP contribution is 2.44. The van der Waals surface area contributed by atoms with Gasteiger partial charge in [0.2, 0.25) is 0 Å². The number of amides is 1. The number of hydrogen-bond donors (Lipinski definition) is 3. The van der Waals surface area contributed by atoms with Gasteiger partial charge < -0.3 is 10.3 Å². The molecule has 5 aromatic rings. The molecule has 4 aromatic heterocycles. The summed E-state index contributed by atoms with van der Waals surface area (Å²) >= 11 is 0. The van der Waals surface area contributed by atoms with Gasteiger partial charge in [0.15, 0.2) is 5.69 Å². The standard InChI is InChI=1S/C22H17N7O/c30-22(27-14-2-1-7-23-9-14)20-15-6-5-13(8-17(15)28-29-20)19-18-16(12-3-4-12)10-24-21(18)26-11-25-19/h1-2,5-12H,3-4H2,(H,27,30)(H,28,29)(H,24,25,26).